The average molecular weight is 497 g/mol. The van der Waals surface area contributed by atoms with Gasteiger partial charge in [0.15, 0.2) is 0 Å². The van der Waals surface area contributed by atoms with Crippen LogP contribution in [-0.2, 0) is 23.1 Å². The summed E-state index contributed by atoms with van der Waals surface area (Å²) >= 11 is 0. The van der Waals surface area contributed by atoms with Gasteiger partial charge in [0.25, 0.3) is 0 Å². The van der Waals surface area contributed by atoms with Gasteiger partial charge in [-0.1, -0.05) is 101 Å². The Morgan fingerprint density at radius 3 is 1.73 bits per heavy atom. The van der Waals surface area contributed by atoms with Crippen molar-refractivity contribution in [3.63, 3.8) is 0 Å². The normalized spacial score (nSPS) is 13.2. The number of carbonyl (C=O) groups excluding carboxylic acids is 1. The van der Waals surface area contributed by atoms with Gasteiger partial charge in [0.05, 0.1) is 0 Å². The van der Waals surface area contributed by atoms with E-state index in [1.807, 2.05) is 0 Å². The highest BCUT2D eigenvalue weighted by Crippen LogP contribution is 2.39. The summed E-state index contributed by atoms with van der Waals surface area (Å²) in [6, 6.07) is 25.2. The number of rotatable bonds is 13. The van der Waals surface area contributed by atoms with Gasteiger partial charge in [0, 0.05) is 18.3 Å². The minimum atomic E-state index is -0.169. The molecule has 1 nitrogen and oxygen atoms in total. The fraction of sp³-hybridized carbons (Fsp3) is 0.472. The molecule has 0 fully saturated rings. The second kappa shape index (κ2) is 13.2. The van der Waals surface area contributed by atoms with Gasteiger partial charge in [-0.2, -0.15) is 0 Å². The summed E-state index contributed by atoms with van der Waals surface area (Å²) in [4.78, 5) is 13.2. The van der Waals surface area contributed by atoms with E-state index in [2.05, 4.69) is 115 Å². The molecule has 0 heterocycles. The lowest BCUT2D eigenvalue weighted by molar-refractivity contribution is -0.120. The van der Waals surface area contributed by atoms with E-state index < -0.39 is 0 Å². The molecule has 3 aromatic carbocycles. The smallest absolute Gasteiger partial charge is 0.133 e. The van der Waals surface area contributed by atoms with Crippen molar-refractivity contribution in [2.45, 2.75) is 111 Å². The summed E-state index contributed by atoms with van der Waals surface area (Å²) in [5, 5.41) is 0. The lowest BCUT2D eigenvalue weighted by Gasteiger charge is -2.35. The van der Waals surface area contributed by atoms with Gasteiger partial charge in [0.1, 0.15) is 5.78 Å². The van der Waals surface area contributed by atoms with E-state index in [9.17, 15) is 4.79 Å². The predicted molar refractivity (Wildman–Crippen MR) is 160 cm³/mol. The van der Waals surface area contributed by atoms with Crippen molar-refractivity contribution in [3.8, 4) is 0 Å². The SMILES string of the molecule is CCCC(=O)CC(CCc1ccc(C(C)C)cc1)(CCc1ccc(C)c(C)c1)c1ccc(C(C)C)cc1. The molecule has 198 valence electrons. The van der Waals surface area contributed by atoms with E-state index in [-0.39, 0.29) is 5.41 Å². The summed E-state index contributed by atoms with van der Waals surface area (Å²) < 4.78 is 0. The van der Waals surface area contributed by atoms with Crippen LogP contribution < -0.4 is 0 Å². The lowest BCUT2D eigenvalue weighted by atomic mass is 9.68. The van der Waals surface area contributed by atoms with E-state index in [0.717, 1.165) is 32.1 Å². The van der Waals surface area contributed by atoms with Gasteiger partial charge >= 0.3 is 0 Å². The first-order chi connectivity index (χ1) is 17.6. The van der Waals surface area contributed by atoms with Gasteiger partial charge < -0.3 is 0 Å². The molecule has 3 rings (SSSR count). The van der Waals surface area contributed by atoms with Gasteiger partial charge in [0.2, 0.25) is 0 Å². The number of benzene rings is 3. The molecule has 0 aromatic heterocycles. The molecule has 0 N–H and O–H groups in total. The number of carbonyl (C=O) groups is 1. The number of aryl methyl sites for hydroxylation is 4. The summed E-state index contributed by atoms with van der Waals surface area (Å²) in [6.45, 7) is 15.5. The summed E-state index contributed by atoms with van der Waals surface area (Å²) in [5.41, 5.74) is 9.31. The molecule has 0 amide bonds. The Hall–Kier alpha value is -2.67. The van der Waals surface area contributed by atoms with Crippen molar-refractivity contribution in [2.24, 2.45) is 0 Å². The van der Waals surface area contributed by atoms with E-state index in [4.69, 9.17) is 0 Å². The molecule has 0 saturated heterocycles. The quantitative estimate of drug-likeness (QED) is 0.230. The Bertz CT molecular complexity index is 1130. The molecule has 0 saturated carbocycles. The van der Waals surface area contributed by atoms with E-state index in [1.165, 1.54) is 38.9 Å². The van der Waals surface area contributed by atoms with Crippen LogP contribution in [0.25, 0.3) is 0 Å². The molecular weight excluding hydrogens is 448 g/mol. The molecule has 0 aliphatic heterocycles. The zero-order valence-electron chi connectivity index (χ0n) is 24.4. The largest absolute Gasteiger partial charge is 0.300 e. The molecule has 0 spiro atoms. The number of ketones is 1. The number of Topliss-reactive ketones (excluding diaryl/α,β-unsaturated/α-hetero) is 1. The summed E-state index contributed by atoms with van der Waals surface area (Å²) in [6.07, 6.45) is 6.13. The molecular formula is C36H48O. The summed E-state index contributed by atoms with van der Waals surface area (Å²) in [7, 11) is 0. The van der Waals surface area contributed by atoms with Gasteiger partial charge in [-0.15, -0.1) is 0 Å². The Morgan fingerprint density at radius 2 is 1.22 bits per heavy atom. The third-order valence-electron chi connectivity index (χ3n) is 8.26. The second-order valence-corrected chi connectivity index (χ2v) is 11.8. The van der Waals surface area contributed by atoms with Crippen LogP contribution in [0.4, 0.5) is 0 Å². The van der Waals surface area contributed by atoms with Crippen LogP contribution in [0.1, 0.15) is 118 Å². The Balaban J connectivity index is 1.98. The first-order valence-corrected chi connectivity index (χ1v) is 14.4. The van der Waals surface area contributed by atoms with E-state index in [0.29, 0.717) is 30.5 Å². The molecule has 0 radical (unpaired) electrons. The predicted octanol–water partition coefficient (Wildman–Crippen LogP) is 9.81. The average Bonchev–Trinajstić information content (AvgIpc) is 2.88. The molecule has 1 atom stereocenters. The van der Waals surface area contributed by atoms with Crippen LogP contribution >= 0.6 is 0 Å². The summed E-state index contributed by atoms with van der Waals surface area (Å²) in [5.74, 6) is 1.43. The van der Waals surface area contributed by atoms with Crippen molar-refractivity contribution in [1.82, 2.24) is 0 Å². The standard InChI is InChI=1S/C36H48O/c1-8-9-35(37)25-36(34-18-16-33(17-19-34)27(4)5,23-21-31-11-10-28(6)29(7)24-31)22-20-30-12-14-32(15-13-30)26(2)3/h10-19,24,26-27H,8-9,20-23,25H2,1-7H3. The topological polar surface area (TPSA) is 17.1 Å². The highest BCUT2D eigenvalue weighted by molar-refractivity contribution is 5.80. The maximum absolute atomic E-state index is 13.2. The molecule has 3 aromatic rings. The van der Waals surface area contributed by atoms with Crippen LogP contribution in [-0.4, -0.2) is 5.78 Å². The van der Waals surface area contributed by atoms with Gasteiger partial charge in [-0.3, -0.25) is 4.79 Å². The van der Waals surface area contributed by atoms with Crippen LogP contribution in [0.3, 0.4) is 0 Å². The fourth-order valence-corrected chi connectivity index (χ4v) is 5.45. The van der Waals surface area contributed by atoms with Crippen molar-refractivity contribution >= 4 is 5.78 Å². The highest BCUT2D eigenvalue weighted by atomic mass is 16.1. The Morgan fingerprint density at radius 1 is 0.703 bits per heavy atom. The Kier molecular flexibility index (Phi) is 10.3. The van der Waals surface area contributed by atoms with E-state index >= 15 is 0 Å². The van der Waals surface area contributed by atoms with Gasteiger partial charge in [-0.25, -0.2) is 0 Å². The third kappa shape index (κ3) is 7.91. The van der Waals surface area contributed by atoms with Crippen LogP contribution in [0.15, 0.2) is 66.7 Å². The van der Waals surface area contributed by atoms with Crippen LogP contribution in [0, 0.1) is 13.8 Å². The maximum atomic E-state index is 13.2. The first kappa shape index (κ1) is 28.9. The zero-order valence-corrected chi connectivity index (χ0v) is 24.4. The minimum Gasteiger partial charge on any atom is -0.300 e. The van der Waals surface area contributed by atoms with Crippen LogP contribution in [0.2, 0.25) is 0 Å². The molecule has 0 aliphatic carbocycles. The van der Waals surface area contributed by atoms with Crippen molar-refractivity contribution in [3.05, 3.63) is 106 Å². The molecule has 37 heavy (non-hydrogen) atoms. The van der Waals surface area contributed by atoms with Crippen LogP contribution in [0.5, 0.6) is 0 Å². The molecule has 0 aliphatic rings. The second-order valence-electron chi connectivity index (χ2n) is 11.8. The minimum absolute atomic E-state index is 0.169. The maximum Gasteiger partial charge on any atom is 0.133 e. The first-order valence-electron chi connectivity index (χ1n) is 14.4. The van der Waals surface area contributed by atoms with E-state index in [1.54, 1.807) is 0 Å². The number of hydrogen-bond acceptors (Lipinski definition) is 1. The van der Waals surface area contributed by atoms with Crippen molar-refractivity contribution < 1.29 is 4.79 Å². The monoisotopic (exact) mass is 496 g/mol. The van der Waals surface area contributed by atoms with Crippen molar-refractivity contribution in [1.29, 1.82) is 0 Å². The molecule has 1 unspecified atom stereocenters. The molecule has 0 bridgehead atoms. The van der Waals surface area contributed by atoms with Gasteiger partial charge in [-0.05, 0) is 96.7 Å². The highest BCUT2D eigenvalue weighted by Gasteiger charge is 2.34. The third-order valence-corrected chi connectivity index (χ3v) is 8.26. The Labute approximate surface area is 226 Å². The zero-order chi connectivity index (χ0) is 27.0. The fourth-order valence-electron chi connectivity index (χ4n) is 5.45. The number of hydrogen-bond donors (Lipinski definition) is 0. The lowest BCUT2D eigenvalue weighted by Crippen LogP contribution is -2.31. The van der Waals surface area contributed by atoms with Crippen molar-refractivity contribution in [2.75, 3.05) is 0 Å². The molecule has 1 heteroatoms.